The second kappa shape index (κ2) is 3.73. The molecule has 1 heterocycles. The first-order valence-electron chi connectivity index (χ1n) is 5.40. The van der Waals surface area contributed by atoms with E-state index in [0.717, 1.165) is 29.2 Å². The molecule has 0 radical (unpaired) electrons. The van der Waals surface area contributed by atoms with E-state index in [4.69, 9.17) is 0 Å². The molecule has 14 heavy (non-hydrogen) atoms. The molecule has 2 rings (SSSR count). The Hall–Kier alpha value is -0.830. The largest absolute Gasteiger partial charge is 0.292 e. The summed E-state index contributed by atoms with van der Waals surface area (Å²) in [5, 5.41) is 10.8. The predicted octanol–water partition coefficient (Wildman–Crippen LogP) is 2.11. The van der Waals surface area contributed by atoms with E-state index in [0.29, 0.717) is 5.92 Å². The maximum absolute atomic E-state index is 11.4. The van der Waals surface area contributed by atoms with Gasteiger partial charge in [-0.3, -0.25) is 15.1 Å². The molecule has 0 atom stereocenters. The van der Waals surface area contributed by atoms with Crippen molar-refractivity contribution in [3.8, 4) is 0 Å². The van der Waals surface area contributed by atoms with Crippen LogP contribution in [0.25, 0.3) is 0 Å². The van der Waals surface area contributed by atoms with Crippen LogP contribution in [0.3, 0.4) is 0 Å². The lowest BCUT2D eigenvalue weighted by atomic mass is 9.85. The number of rotatable bonds is 1. The molecule has 78 valence electrons. The quantitative estimate of drug-likeness (QED) is 0.696. The van der Waals surface area contributed by atoms with Gasteiger partial charge in [0.25, 0.3) is 0 Å². The van der Waals surface area contributed by atoms with Gasteiger partial charge in [0.15, 0.2) is 5.78 Å². The molecular weight excluding hydrogens is 178 g/mol. The summed E-state index contributed by atoms with van der Waals surface area (Å²) in [5.41, 5.74) is 1.68. The number of hydrogen-bond acceptors (Lipinski definition) is 3. The molecule has 3 heteroatoms. The monoisotopic (exact) mass is 195 g/mol. The van der Waals surface area contributed by atoms with Crippen molar-refractivity contribution in [3.05, 3.63) is 11.3 Å². The highest BCUT2D eigenvalue weighted by Crippen LogP contribution is 2.35. The second-order valence-corrected chi connectivity index (χ2v) is 4.33. The van der Waals surface area contributed by atoms with Crippen molar-refractivity contribution in [1.82, 2.24) is 5.06 Å². The van der Waals surface area contributed by atoms with E-state index in [9.17, 15) is 10.0 Å². The molecule has 1 N–H and O–H groups in total. The average molecular weight is 195 g/mol. The van der Waals surface area contributed by atoms with E-state index in [1.165, 1.54) is 19.3 Å². The molecule has 0 aromatic heterocycles. The van der Waals surface area contributed by atoms with E-state index in [-0.39, 0.29) is 12.3 Å². The lowest BCUT2D eigenvalue weighted by Gasteiger charge is -2.26. The summed E-state index contributed by atoms with van der Waals surface area (Å²) in [6.07, 6.45) is 5.99. The third kappa shape index (κ3) is 1.57. The summed E-state index contributed by atoms with van der Waals surface area (Å²) in [6.45, 7) is 2.00. The Kier molecular flexibility index (Phi) is 2.59. The van der Waals surface area contributed by atoms with E-state index in [2.05, 4.69) is 0 Å². The van der Waals surface area contributed by atoms with Gasteiger partial charge in [-0.1, -0.05) is 19.3 Å². The first-order chi connectivity index (χ1) is 6.70. The fourth-order valence-electron chi connectivity index (χ4n) is 2.57. The van der Waals surface area contributed by atoms with Gasteiger partial charge in [-0.25, -0.2) is 0 Å². The number of nitrogens with zero attached hydrogens (tertiary/aromatic N) is 1. The fraction of sp³-hybridized carbons (Fsp3) is 0.727. The highest BCUT2D eigenvalue weighted by atomic mass is 16.5. The van der Waals surface area contributed by atoms with E-state index < -0.39 is 0 Å². The van der Waals surface area contributed by atoms with Gasteiger partial charge >= 0.3 is 0 Å². The number of allylic oxidation sites excluding steroid dienone is 1. The molecule has 3 nitrogen and oxygen atoms in total. The molecule has 1 aliphatic carbocycles. The van der Waals surface area contributed by atoms with Gasteiger partial charge < -0.3 is 0 Å². The molecule has 1 fully saturated rings. The van der Waals surface area contributed by atoms with E-state index >= 15 is 0 Å². The van der Waals surface area contributed by atoms with Crippen molar-refractivity contribution < 1.29 is 10.0 Å². The Morgan fingerprint density at radius 3 is 2.43 bits per heavy atom. The van der Waals surface area contributed by atoms with Gasteiger partial charge in [-0.05, 0) is 19.8 Å². The van der Waals surface area contributed by atoms with Gasteiger partial charge in [-0.2, -0.15) is 0 Å². The zero-order valence-corrected chi connectivity index (χ0v) is 8.62. The number of carbonyl (C=O) groups excluding carboxylic acids is 1. The second-order valence-electron chi connectivity index (χ2n) is 4.33. The Morgan fingerprint density at radius 2 is 1.93 bits per heavy atom. The number of carbonyl (C=O) groups is 1. The van der Waals surface area contributed by atoms with Crippen molar-refractivity contribution in [2.45, 2.75) is 39.0 Å². The predicted molar refractivity (Wildman–Crippen MR) is 52.8 cm³/mol. The SMILES string of the molecule is CC1=C(C2CCCCC2)N(O)CC1=O. The van der Waals surface area contributed by atoms with Crippen LogP contribution in [0.4, 0.5) is 0 Å². The Bertz CT molecular complexity index is 277. The minimum absolute atomic E-state index is 0.0769. The summed E-state index contributed by atoms with van der Waals surface area (Å²) in [4.78, 5) is 11.4. The fourth-order valence-corrected chi connectivity index (χ4v) is 2.57. The lowest BCUT2D eigenvalue weighted by Crippen LogP contribution is -2.23. The van der Waals surface area contributed by atoms with Crippen molar-refractivity contribution >= 4 is 5.78 Å². The molecule has 0 amide bonds. The molecular formula is C11H17NO2. The molecule has 1 saturated carbocycles. The van der Waals surface area contributed by atoms with Gasteiger partial charge in [0.1, 0.15) is 6.54 Å². The van der Waals surface area contributed by atoms with Crippen LogP contribution in [0.2, 0.25) is 0 Å². The van der Waals surface area contributed by atoms with Gasteiger partial charge in [0, 0.05) is 11.5 Å². The molecule has 0 bridgehead atoms. The minimum Gasteiger partial charge on any atom is -0.292 e. The van der Waals surface area contributed by atoms with Crippen LogP contribution >= 0.6 is 0 Å². The first kappa shape index (κ1) is 9.71. The molecule has 0 aromatic carbocycles. The van der Waals surface area contributed by atoms with Crippen LogP contribution in [0.5, 0.6) is 0 Å². The molecule has 0 aromatic rings. The molecule has 1 aliphatic heterocycles. The molecule has 0 spiro atoms. The normalized spacial score (nSPS) is 25.0. The maximum Gasteiger partial charge on any atom is 0.182 e. The summed E-state index contributed by atoms with van der Waals surface area (Å²) < 4.78 is 0. The van der Waals surface area contributed by atoms with Crippen LogP contribution in [0.15, 0.2) is 11.3 Å². The molecule has 0 unspecified atom stereocenters. The maximum atomic E-state index is 11.4. The first-order valence-corrected chi connectivity index (χ1v) is 5.40. The number of hydrogen-bond donors (Lipinski definition) is 1. The lowest BCUT2D eigenvalue weighted by molar-refractivity contribution is -0.122. The van der Waals surface area contributed by atoms with Crippen molar-refractivity contribution in [2.24, 2.45) is 5.92 Å². The summed E-state index contributed by atoms with van der Waals surface area (Å²) >= 11 is 0. The highest BCUT2D eigenvalue weighted by Gasteiger charge is 2.31. The number of ketones is 1. The molecule has 0 saturated heterocycles. The number of Topliss-reactive ketones (excluding diaryl/α,β-unsaturated/α-hetero) is 1. The zero-order chi connectivity index (χ0) is 10.1. The van der Waals surface area contributed by atoms with Crippen LogP contribution in [-0.4, -0.2) is 22.6 Å². The summed E-state index contributed by atoms with van der Waals surface area (Å²) in [5.74, 6) is 0.494. The number of hydroxylamine groups is 2. The van der Waals surface area contributed by atoms with Crippen LogP contribution < -0.4 is 0 Å². The zero-order valence-electron chi connectivity index (χ0n) is 8.62. The van der Waals surface area contributed by atoms with Crippen LogP contribution in [-0.2, 0) is 4.79 Å². The highest BCUT2D eigenvalue weighted by molar-refractivity contribution is 5.99. The van der Waals surface area contributed by atoms with Gasteiger partial charge in [-0.15, -0.1) is 0 Å². The van der Waals surface area contributed by atoms with Gasteiger partial charge in [0.05, 0.1) is 5.70 Å². The summed E-state index contributed by atoms with van der Waals surface area (Å²) in [7, 11) is 0. The van der Waals surface area contributed by atoms with E-state index in [1.54, 1.807) is 0 Å². The third-order valence-electron chi connectivity index (χ3n) is 3.37. The Balaban J connectivity index is 2.18. The summed E-state index contributed by atoms with van der Waals surface area (Å²) in [6, 6.07) is 0. The van der Waals surface area contributed by atoms with Crippen molar-refractivity contribution in [1.29, 1.82) is 0 Å². The smallest absolute Gasteiger partial charge is 0.182 e. The Morgan fingerprint density at radius 1 is 1.29 bits per heavy atom. The minimum atomic E-state index is 0.0769. The van der Waals surface area contributed by atoms with Crippen LogP contribution in [0, 0.1) is 5.92 Å². The standard InChI is InChI=1S/C11H17NO2/c1-8-10(13)7-12(14)11(8)9-5-3-2-4-6-9/h9,14H,2-7H2,1H3. The van der Waals surface area contributed by atoms with Crippen molar-refractivity contribution in [3.63, 3.8) is 0 Å². The van der Waals surface area contributed by atoms with E-state index in [1.807, 2.05) is 6.92 Å². The van der Waals surface area contributed by atoms with Gasteiger partial charge in [0.2, 0.25) is 0 Å². The molecule has 2 aliphatic rings. The third-order valence-corrected chi connectivity index (χ3v) is 3.37. The van der Waals surface area contributed by atoms with Crippen LogP contribution in [0.1, 0.15) is 39.0 Å². The van der Waals surface area contributed by atoms with Crippen molar-refractivity contribution in [2.75, 3.05) is 6.54 Å². The topological polar surface area (TPSA) is 40.5 Å². The average Bonchev–Trinajstić information content (AvgIpc) is 2.43. The Labute approximate surface area is 84.4 Å².